The number of allylic oxidation sites excluding steroid dienone is 1. The highest BCUT2D eigenvalue weighted by molar-refractivity contribution is 6.10. The summed E-state index contributed by atoms with van der Waals surface area (Å²) in [6, 6.07) is 17.2. The summed E-state index contributed by atoms with van der Waals surface area (Å²) in [5, 5.41) is 20.4. The van der Waals surface area contributed by atoms with Gasteiger partial charge in [-0.1, -0.05) is 12.0 Å². The van der Waals surface area contributed by atoms with Crippen molar-refractivity contribution in [3.05, 3.63) is 95.3 Å². The highest BCUT2D eigenvalue weighted by Crippen LogP contribution is 2.23. The molecular formula is C31H33N7O2. The molecule has 1 atom stereocenters. The van der Waals surface area contributed by atoms with Gasteiger partial charge in [0, 0.05) is 55.6 Å². The monoisotopic (exact) mass is 535 g/mol. The van der Waals surface area contributed by atoms with Crippen molar-refractivity contribution in [2.45, 2.75) is 44.1 Å². The van der Waals surface area contributed by atoms with Gasteiger partial charge in [0.1, 0.15) is 11.5 Å². The molecule has 204 valence electrons. The van der Waals surface area contributed by atoms with Gasteiger partial charge in [-0.15, -0.1) is 0 Å². The molecule has 3 heterocycles. The number of aliphatic imine (C=N–C) groups is 1. The van der Waals surface area contributed by atoms with Gasteiger partial charge in [-0.25, -0.2) is 9.98 Å². The van der Waals surface area contributed by atoms with Gasteiger partial charge < -0.3 is 26.0 Å². The normalized spacial score (nSPS) is 20.1. The molecule has 9 heteroatoms. The maximum absolute atomic E-state index is 12.2. The van der Waals surface area contributed by atoms with Crippen LogP contribution < -0.4 is 16.0 Å². The lowest BCUT2D eigenvalue weighted by Gasteiger charge is -2.32. The average Bonchev–Trinajstić information content (AvgIpc) is 2.98. The lowest BCUT2D eigenvalue weighted by Crippen LogP contribution is -2.46. The molecule has 0 spiro atoms. The number of hydrogen-bond acceptors (Lipinski definition) is 8. The zero-order chi connectivity index (χ0) is 27.9. The molecular weight excluding hydrogens is 502 g/mol. The number of nitrogens with one attached hydrogen (secondary N) is 3. The Kier molecular flexibility index (Phi) is 8.38. The smallest absolute Gasteiger partial charge is 0.253 e. The summed E-state index contributed by atoms with van der Waals surface area (Å²) < 4.78 is 0. The number of carbonyl (C=O) groups is 1. The highest BCUT2D eigenvalue weighted by Gasteiger charge is 2.24. The van der Waals surface area contributed by atoms with Crippen LogP contribution >= 0.6 is 0 Å². The van der Waals surface area contributed by atoms with E-state index in [1.54, 1.807) is 38.6 Å². The van der Waals surface area contributed by atoms with Gasteiger partial charge in [0.15, 0.2) is 6.29 Å². The van der Waals surface area contributed by atoms with Crippen LogP contribution in [0.25, 0.3) is 5.57 Å². The van der Waals surface area contributed by atoms with Crippen LogP contribution in [-0.2, 0) is 0 Å². The molecule has 5 rings (SSSR count). The third kappa shape index (κ3) is 6.84. The second-order valence-electron chi connectivity index (χ2n) is 10.1. The fourth-order valence-corrected chi connectivity index (χ4v) is 4.63. The Morgan fingerprint density at radius 3 is 2.50 bits per heavy atom. The van der Waals surface area contributed by atoms with E-state index >= 15 is 0 Å². The number of pyridine rings is 2. The molecule has 0 saturated heterocycles. The van der Waals surface area contributed by atoms with Crippen molar-refractivity contribution in [2.75, 3.05) is 19.4 Å². The molecule has 3 aromatic rings. The van der Waals surface area contributed by atoms with Crippen LogP contribution in [0.2, 0.25) is 0 Å². The van der Waals surface area contributed by atoms with E-state index < -0.39 is 0 Å². The van der Waals surface area contributed by atoms with Crippen LogP contribution in [0.15, 0.2) is 77.8 Å². The number of rotatable bonds is 6. The van der Waals surface area contributed by atoms with Gasteiger partial charge in [0.25, 0.3) is 5.91 Å². The van der Waals surface area contributed by atoms with Crippen molar-refractivity contribution in [1.29, 1.82) is 0 Å². The SMILES string of the molecule is CN(C)C(=O)c1ccnc(C#Cc2ccc(NC3N=CC(c4ccccn4)=C(NC4CCC(O)CC4)N3)cc2)c1. The van der Waals surface area contributed by atoms with E-state index in [-0.39, 0.29) is 24.3 Å². The van der Waals surface area contributed by atoms with E-state index in [0.29, 0.717) is 11.3 Å². The molecule has 1 fully saturated rings. The molecule has 2 aliphatic rings. The maximum atomic E-state index is 12.2. The second-order valence-corrected chi connectivity index (χ2v) is 10.1. The van der Waals surface area contributed by atoms with Gasteiger partial charge in [-0.05, 0) is 80.1 Å². The minimum Gasteiger partial charge on any atom is -0.393 e. The van der Waals surface area contributed by atoms with Crippen molar-refractivity contribution in [2.24, 2.45) is 4.99 Å². The van der Waals surface area contributed by atoms with Crippen molar-refractivity contribution in [3.63, 3.8) is 0 Å². The van der Waals surface area contributed by atoms with E-state index in [9.17, 15) is 9.90 Å². The lowest BCUT2D eigenvalue weighted by molar-refractivity contribution is 0.0827. The number of carbonyl (C=O) groups excluding carboxylic acids is 1. The summed E-state index contributed by atoms with van der Waals surface area (Å²) in [5.41, 5.74) is 4.55. The molecule has 1 aliphatic carbocycles. The first-order chi connectivity index (χ1) is 19.4. The summed E-state index contributed by atoms with van der Waals surface area (Å²) in [5.74, 6) is 6.94. The zero-order valence-electron chi connectivity index (χ0n) is 22.6. The Labute approximate surface area is 234 Å². The summed E-state index contributed by atoms with van der Waals surface area (Å²) in [7, 11) is 3.43. The third-order valence-corrected chi connectivity index (χ3v) is 6.83. The number of amides is 1. The van der Waals surface area contributed by atoms with E-state index in [0.717, 1.165) is 54.0 Å². The first-order valence-electron chi connectivity index (χ1n) is 13.4. The molecule has 4 N–H and O–H groups in total. The Hall–Kier alpha value is -4.68. The first kappa shape index (κ1) is 26.9. The predicted molar refractivity (Wildman–Crippen MR) is 156 cm³/mol. The number of hydrogen-bond donors (Lipinski definition) is 4. The number of aliphatic hydroxyl groups excluding tert-OH is 1. The molecule has 0 radical (unpaired) electrons. The van der Waals surface area contributed by atoms with Gasteiger partial charge in [-0.3, -0.25) is 9.78 Å². The van der Waals surface area contributed by atoms with Crippen LogP contribution in [0, 0.1) is 11.8 Å². The molecule has 9 nitrogen and oxygen atoms in total. The Balaban J connectivity index is 1.26. The minimum absolute atomic E-state index is 0.0854. The number of benzene rings is 1. The van der Waals surface area contributed by atoms with E-state index in [1.165, 1.54) is 4.90 Å². The molecule has 1 aromatic carbocycles. The molecule has 40 heavy (non-hydrogen) atoms. The first-order valence-corrected chi connectivity index (χ1v) is 13.4. The number of anilines is 1. The Bertz CT molecular complexity index is 1450. The van der Waals surface area contributed by atoms with Crippen molar-refractivity contribution in [1.82, 2.24) is 25.5 Å². The quantitative estimate of drug-likeness (QED) is 0.359. The summed E-state index contributed by atoms with van der Waals surface area (Å²) in [6.07, 6.45) is 8.04. The van der Waals surface area contributed by atoms with Crippen molar-refractivity contribution in [3.8, 4) is 11.8 Å². The number of nitrogens with zero attached hydrogens (tertiary/aromatic N) is 4. The predicted octanol–water partition coefficient (Wildman–Crippen LogP) is 3.21. The molecule has 1 amide bonds. The minimum atomic E-state index is -0.373. The van der Waals surface area contributed by atoms with Crippen LogP contribution in [0.5, 0.6) is 0 Å². The van der Waals surface area contributed by atoms with Crippen LogP contribution in [-0.4, -0.2) is 64.6 Å². The average molecular weight is 536 g/mol. The lowest BCUT2D eigenvalue weighted by atomic mass is 9.93. The van der Waals surface area contributed by atoms with Gasteiger partial charge in [-0.2, -0.15) is 0 Å². The second kappa shape index (κ2) is 12.5. The topological polar surface area (TPSA) is 115 Å². The van der Waals surface area contributed by atoms with Crippen molar-refractivity contribution >= 4 is 23.4 Å². The van der Waals surface area contributed by atoms with Gasteiger partial charge >= 0.3 is 0 Å². The highest BCUT2D eigenvalue weighted by atomic mass is 16.3. The van der Waals surface area contributed by atoms with Gasteiger partial charge in [0.05, 0.1) is 17.4 Å². The molecule has 0 bridgehead atoms. The number of aromatic nitrogens is 2. The van der Waals surface area contributed by atoms with Crippen LogP contribution in [0.4, 0.5) is 5.69 Å². The zero-order valence-corrected chi connectivity index (χ0v) is 22.6. The fraction of sp³-hybridized carbons (Fsp3) is 0.290. The number of aliphatic hydroxyl groups is 1. The molecule has 2 aromatic heterocycles. The Morgan fingerprint density at radius 2 is 1.77 bits per heavy atom. The Morgan fingerprint density at radius 1 is 0.975 bits per heavy atom. The molecule has 1 saturated carbocycles. The van der Waals surface area contributed by atoms with Gasteiger partial charge in [0.2, 0.25) is 0 Å². The maximum Gasteiger partial charge on any atom is 0.253 e. The van der Waals surface area contributed by atoms with Crippen molar-refractivity contribution < 1.29 is 9.90 Å². The molecule has 1 aliphatic heterocycles. The fourth-order valence-electron chi connectivity index (χ4n) is 4.63. The van der Waals surface area contributed by atoms with Crippen LogP contribution in [0.3, 0.4) is 0 Å². The third-order valence-electron chi connectivity index (χ3n) is 6.83. The summed E-state index contributed by atoms with van der Waals surface area (Å²) in [6.45, 7) is 0. The summed E-state index contributed by atoms with van der Waals surface area (Å²) in [4.78, 5) is 27.2. The van der Waals surface area contributed by atoms with E-state index in [2.05, 4.69) is 42.8 Å². The van der Waals surface area contributed by atoms with E-state index in [1.807, 2.05) is 48.7 Å². The summed E-state index contributed by atoms with van der Waals surface area (Å²) >= 11 is 0. The van der Waals surface area contributed by atoms with E-state index in [4.69, 9.17) is 0 Å². The largest absolute Gasteiger partial charge is 0.393 e. The standard InChI is InChI=1S/C31H33N7O2/c1-38(2)30(40)22-16-18-32-25(19-22)11-8-21-6-9-24(10-7-21)36-31-34-20-27(28-5-3-4-17-33-28)29(37-31)35-23-12-14-26(39)15-13-23/h3-7,9-10,16-20,23,26,31,35-37,39H,12-15H2,1-2H3. The van der Waals surface area contributed by atoms with Crippen LogP contribution in [0.1, 0.15) is 53.0 Å². The molecule has 1 unspecified atom stereocenters.